The SMILES string of the molecule is CC(C(=O)N/N=C1\SCC(=O)N1Cc1ccccc1)c1ccc(-c2ccccc2)c(F)c1. The Hall–Kier alpha value is -3.45. The van der Waals surface area contributed by atoms with Gasteiger partial charge in [0.15, 0.2) is 5.17 Å². The lowest BCUT2D eigenvalue weighted by Gasteiger charge is -2.17. The average Bonchev–Trinajstić information content (AvgIpc) is 3.17. The van der Waals surface area contributed by atoms with E-state index < -0.39 is 5.92 Å². The minimum Gasteiger partial charge on any atom is -0.285 e. The van der Waals surface area contributed by atoms with Gasteiger partial charge in [0, 0.05) is 5.56 Å². The number of rotatable bonds is 6. The number of benzene rings is 3. The first-order valence-corrected chi connectivity index (χ1v) is 11.2. The first-order valence-electron chi connectivity index (χ1n) is 10.2. The van der Waals surface area contributed by atoms with Crippen LogP contribution < -0.4 is 5.43 Å². The van der Waals surface area contributed by atoms with Crippen molar-refractivity contribution in [2.45, 2.75) is 19.4 Å². The van der Waals surface area contributed by atoms with Crippen LogP contribution in [0.15, 0.2) is 84.0 Å². The van der Waals surface area contributed by atoms with Crippen molar-refractivity contribution in [2.24, 2.45) is 5.10 Å². The van der Waals surface area contributed by atoms with Gasteiger partial charge in [-0.3, -0.25) is 14.5 Å². The molecule has 0 radical (unpaired) electrons. The predicted molar refractivity (Wildman–Crippen MR) is 125 cm³/mol. The van der Waals surface area contributed by atoms with E-state index in [9.17, 15) is 14.0 Å². The van der Waals surface area contributed by atoms with Gasteiger partial charge in [0.05, 0.1) is 18.2 Å². The second-order valence-corrected chi connectivity index (χ2v) is 8.39. The fourth-order valence-electron chi connectivity index (χ4n) is 3.41. The number of hydrazone groups is 1. The molecular formula is C25H22FN3O2S. The molecule has 1 N–H and O–H groups in total. The van der Waals surface area contributed by atoms with Gasteiger partial charge < -0.3 is 0 Å². The quantitative estimate of drug-likeness (QED) is 0.555. The van der Waals surface area contributed by atoms with Gasteiger partial charge in [0.25, 0.3) is 0 Å². The molecule has 1 heterocycles. The highest BCUT2D eigenvalue weighted by Crippen LogP contribution is 2.26. The second kappa shape index (κ2) is 9.78. The second-order valence-electron chi connectivity index (χ2n) is 7.45. The molecule has 0 spiro atoms. The van der Waals surface area contributed by atoms with E-state index in [0.717, 1.165) is 11.1 Å². The molecule has 0 aromatic heterocycles. The molecule has 1 fully saturated rings. The van der Waals surface area contributed by atoms with Crippen molar-refractivity contribution in [3.05, 3.63) is 95.8 Å². The van der Waals surface area contributed by atoms with Gasteiger partial charge in [-0.05, 0) is 29.7 Å². The van der Waals surface area contributed by atoms with E-state index in [1.807, 2.05) is 60.7 Å². The zero-order chi connectivity index (χ0) is 22.5. The zero-order valence-electron chi connectivity index (χ0n) is 17.5. The monoisotopic (exact) mass is 447 g/mol. The molecule has 1 atom stereocenters. The number of amides is 2. The standard InChI is InChI=1S/C25H22FN3O2S/c1-17(20-12-13-21(22(26)14-20)19-10-6-3-7-11-19)24(31)27-28-25-29(23(30)16-32-25)15-18-8-4-2-5-9-18/h2-14,17H,15-16H2,1H3,(H,27,31)/b28-25-. The maximum absolute atomic E-state index is 14.7. The van der Waals surface area contributed by atoms with E-state index in [-0.39, 0.29) is 23.4 Å². The number of hydrogen-bond donors (Lipinski definition) is 1. The van der Waals surface area contributed by atoms with Crippen molar-refractivity contribution >= 4 is 28.7 Å². The van der Waals surface area contributed by atoms with Crippen molar-refractivity contribution < 1.29 is 14.0 Å². The highest BCUT2D eigenvalue weighted by atomic mass is 32.2. The molecular weight excluding hydrogens is 425 g/mol. The highest BCUT2D eigenvalue weighted by Gasteiger charge is 2.29. The molecule has 1 saturated heterocycles. The van der Waals surface area contributed by atoms with Gasteiger partial charge in [-0.2, -0.15) is 0 Å². The summed E-state index contributed by atoms with van der Waals surface area (Å²) in [6.45, 7) is 2.09. The van der Waals surface area contributed by atoms with Gasteiger partial charge in [-0.25, -0.2) is 9.82 Å². The average molecular weight is 448 g/mol. The Morgan fingerprint density at radius 2 is 1.78 bits per heavy atom. The Morgan fingerprint density at radius 1 is 1.09 bits per heavy atom. The van der Waals surface area contributed by atoms with Crippen molar-refractivity contribution in [3.63, 3.8) is 0 Å². The summed E-state index contributed by atoms with van der Waals surface area (Å²) in [4.78, 5) is 26.5. The zero-order valence-corrected chi connectivity index (χ0v) is 18.3. The summed E-state index contributed by atoms with van der Waals surface area (Å²) in [6, 6.07) is 23.7. The summed E-state index contributed by atoms with van der Waals surface area (Å²) in [5.74, 6) is -1.14. The van der Waals surface area contributed by atoms with E-state index >= 15 is 0 Å². The largest absolute Gasteiger partial charge is 0.285 e. The third-order valence-corrected chi connectivity index (χ3v) is 6.23. The smallest absolute Gasteiger partial charge is 0.247 e. The number of halogens is 1. The molecule has 32 heavy (non-hydrogen) atoms. The third kappa shape index (κ3) is 4.89. The Labute approximate surface area is 190 Å². The number of amidine groups is 1. The van der Waals surface area contributed by atoms with Crippen LogP contribution in [0.4, 0.5) is 4.39 Å². The maximum atomic E-state index is 14.7. The predicted octanol–water partition coefficient (Wildman–Crippen LogP) is 4.76. The summed E-state index contributed by atoms with van der Waals surface area (Å²) in [5.41, 5.74) is 5.33. The minimum atomic E-state index is -0.608. The summed E-state index contributed by atoms with van der Waals surface area (Å²) >= 11 is 1.28. The van der Waals surface area contributed by atoms with E-state index in [1.54, 1.807) is 24.0 Å². The van der Waals surface area contributed by atoms with Crippen molar-refractivity contribution in [1.82, 2.24) is 10.3 Å². The molecule has 1 aliphatic rings. The molecule has 3 aromatic carbocycles. The lowest BCUT2D eigenvalue weighted by molar-refractivity contribution is -0.125. The molecule has 4 rings (SSSR count). The van der Waals surface area contributed by atoms with Crippen molar-refractivity contribution in [1.29, 1.82) is 0 Å². The molecule has 7 heteroatoms. The van der Waals surface area contributed by atoms with Crippen LogP contribution in [-0.4, -0.2) is 27.6 Å². The number of hydrogen-bond acceptors (Lipinski definition) is 4. The fourth-order valence-corrected chi connectivity index (χ4v) is 4.25. The summed E-state index contributed by atoms with van der Waals surface area (Å²) in [6.07, 6.45) is 0. The lowest BCUT2D eigenvalue weighted by Crippen LogP contribution is -2.32. The van der Waals surface area contributed by atoms with Crippen LogP contribution in [0.2, 0.25) is 0 Å². The Morgan fingerprint density at radius 3 is 2.47 bits per heavy atom. The normalized spacial score (nSPS) is 15.8. The first kappa shape index (κ1) is 21.8. The van der Waals surface area contributed by atoms with Crippen LogP contribution in [0, 0.1) is 5.82 Å². The molecule has 2 amide bonds. The van der Waals surface area contributed by atoms with E-state index in [2.05, 4.69) is 10.5 Å². The van der Waals surface area contributed by atoms with Gasteiger partial charge in [0.2, 0.25) is 11.8 Å². The Balaban J connectivity index is 1.44. The number of nitrogens with zero attached hydrogens (tertiary/aromatic N) is 2. The Kier molecular flexibility index (Phi) is 6.66. The summed E-state index contributed by atoms with van der Waals surface area (Å²) in [7, 11) is 0. The van der Waals surface area contributed by atoms with Gasteiger partial charge in [0.1, 0.15) is 5.82 Å². The van der Waals surface area contributed by atoms with Crippen LogP contribution in [0.25, 0.3) is 11.1 Å². The fraction of sp³-hybridized carbons (Fsp3) is 0.160. The van der Waals surface area contributed by atoms with Crippen molar-refractivity contribution in [3.8, 4) is 11.1 Å². The molecule has 1 aliphatic heterocycles. The molecule has 5 nitrogen and oxygen atoms in total. The summed E-state index contributed by atoms with van der Waals surface area (Å²) in [5, 5.41) is 4.63. The molecule has 0 aliphatic carbocycles. The van der Waals surface area contributed by atoms with Crippen LogP contribution in [0.5, 0.6) is 0 Å². The van der Waals surface area contributed by atoms with Gasteiger partial charge >= 0.3 is 0 Å². The topological polar surface area (TPSA) is 61.8 Å². The number of nitrogens with one attached hydrogen (secondary N) is 1. The van der Waals surface area contributed by atoms with E-state index in [0.29, 0.717) is 22.8 Å². The van der Waals surface area contributed by atoms with Crippen LogP contribution >= 0.6 is 11.8 Å². The third-order valence-electron chi connectivity index (χ3n) is 5.27. The van der Waals surface area contributed by atoms with Crippen LogP contribution in [0.1, 0.15) is 24.0 Å². The Bertz CT molecular complexity index is 1150. The first-order chi connectivity index (χ1) is 15.5. The number of carbonyl (C=O) groups excluding carboxylic acids is 2. The molecule has 0 bridgehead atoms. The molecule has 0 saturated carbocycles. The molecule has 1 unspecified atom stereocenters. The van der Waals surface area contributed by atoms with Gasteiger partial charge in [-0.15, -0.1) is 5.10 Å². The number of carbonyl (C=O) groups is 2. The number of thioether (sulfide) groups is 1. The molecule has 162 valence electrons. The van der Waals surface area contributed by atoms with Gasteiger partial charge in [-0.1, -0.05) is 84.6 Å². The van der Waals surface area contributed by atoms with Crippen LogP contribution in [0.3, 0.4) is 0 Å². The van der Waals surface area contributed by atoms with Crippen LogP contribution in [-0.2, 0) is 16.1 Å². The summed E-state index contributed by atoms with van der Waals surface area (Å²) < 4.78 is 14.7. The lowest BCUT2D eigenvalue weighted by atomic mass is 9.96. The minimum absolute atomic E-state index is 0.0570. The maximum Gasteiger partial charge on any atom is 0.247 e. The van der Waals surface area contributed by atoms with E-state index in [4.69, 9.17) is 0 Å². The van der Waals surface area contributed by atoms with Crippen molar-refractivity contribution in [2.75, 3.05) is 5.75 Å². The highest BCUT2D eigenvalue weighted by molar-refractivity contribution is 8.15. The van der Waals surface area contributed by atoms with E-state index in [1.165, 1.54) is 17.8 Å². The molecule has 3 aromatic rings.